The van der Waals surface area contributed by atoms with Crippen molar-refractivity contribution < 1.29 is 18.5 Å². The van der Waals surface area contributed by atoms with Gasteiger partial charge in [-0.25, -0.2) is 19.7 Å². The molecular weight excluding hydrogens is 413 g/mol. The summed E-state index contributed by atoms with van der Waals surface area (Å²) in [5.41, 5.74) is 1.86. The fourth-order valence-electron chi connectivity index (χ4n) is 3.40. The lowest BCUT2D eigenvalue weighted by Gasteiger charge is -2.32. The van der Waals surface area contributed by atoms with Crippen LogP contribution in [0, 0.1) is 0 Å². The summed E-state index contributed by atoms with van der Waals surface area (Å²) in [6.07, 6.45) is 9.97. The molecule has 0 amide bonds. The van der Waals surface area contributed by atoms with Gasteiger partial charge < -0.3 is 18.5 Å². The van der Waals surface area contributed by atoms with Crippen molar-refractivity contribution in [2.24, 2.45) is 0 Å². The van der Waals surface area contributed by atoms with Crippen LogP contribution in [0.1, 0.15) is 27.7 Å². The molecule has 0 saturated carbocycles. The first-order valence-corrected chi connectivity index (χ1v) is 13.5. The number of aromatic nitrogens is 3. The highest BCUT2D eigenvalue weighted by molar-refractivity contribution is 8.32. The minimum absolute atomic E-state index is 0.385. The molecule has 1 aromatic carbocycles. The number of hydrogen-bond donors (Lipinski definition) is 0. The van der Waals surface area contributed by atoms with Crippen LogP contribution in [0.15, 0.2) is 35.2 Å². The lowest BCUT2D eigenvalue weighted by atomic mass is 9.78. The Morgan fingerprint density at radius 3 is 2.42 bits per heavy atom. The minimum atomic E-state index is -0.591. The number of ether oxygens (including phenoxy) is 1. The Labute approximate surface area is 185 Å². The van der Waals surface area contributed by atoms with E-state index in [1.54, 1.807) is 6.20 Å². The van der Waals surface area contributed by atoms with Crippen LogP contribution in [0.5, 0.6) is 0 Å². The van der Waals surface area contributed by atoms with Crippen molar-refractivity contribution >= 4 is 33.5 Å². The van der Waals surface area contributed by atoms with Gasteiger partial charge in [0.2, 0.25) is 0 Å². The third kappa shape index (κ3) is 4.55. The van der Waals surface area contributed by atoms with E-state index in [9.17, 15) is 0 Å². The highest BCUT2D eigenvalue weighted by Gasteiger charge is 2.51. The second kappa shape index (κ2) is 7.96. The molecule has 168 valence electrons. The SMILES string of the molecule is CC1(C)OB(c2ccc3c(c2)c(-c2cnco2)nn3COCCS(C)(C)C)OC1(C)C. The molecule has 3 aromatic rings. The molecule has 9 heteroatoms. The molecule has 3 heterocycles. The van der Waals surface area contributed by atoms with E-state index in [2.05, 4.69) is 57.5 Å². The molecule has 1 fully saturated rings. The summed E-state index contributed by atoms with van der Waals surface area (Å²) in [6, 6.07) is 6.14. The summed E-state index contributed by atoms with van der Waals surface area (Å²) < 4.78 is 25.9. The van der Waals surface area contributed by atoms with Crippen molar-refractivity contribution in [1.82, 2.24) is 14.8 Å². The number of nitrogens with zero attached hydrogens (tertiary/aromatic N) is 3. The summed E-state index contributed by atoms with van der Waals surface area (Å²) in [7, 11) is -1.03. The second-order valence-electron chi connectivity index (χ2n) is 9.91. The monoisotopic (exact) mass is 445 g/mol. The Morgan fingerprint density at radius 2 is 1.81 bits per heavy atom. The first kappa shape index (κ1) is 22.4. The predicted octanol–water partition coefficient (Wildman–Crippen LogP) is 3.66. The van der Waals surface area contributed by atoms with Gasteiger partial charge in [0.05, 0.1) is 29.5 Å². The highest BCUT2D eigenvalue weighted by Crippen LogP contribution is 2.37. The molecule has 0 aliphatic carbocycles. The number of rotatable bonds is 7. The molecule has 31 heavy (non-hydrogen) atoms. The van der Waals surface area contributed by atoms with Crippen LogP contribution in [0.3, 0.4) is 0 Å². The van der Waals surface area contributed by atoms with Crippen LogP contribution in [0.25, 0.3) is 22.4 Å². The molecular formula is C22H32BN3O4S. The van der Waals surface area contributed by atoms with E-state index >= 15 is 0 Å². The normalized spacial score (nSPS) is 18.7. The van der Waals surface area contributed by atoms with E-state index in [0.717, 1.165) is 27.8 Å². The molecule has 4 rings (SSSR count). The second-order valence-corrected chi connectivity index (χ2v) is 14.5. The summed E-state index contributed by atoms with van der Waals surface area (Å²) in [6.45, 7) is 9.32. The van der Waals surface area contributed by atoms with Crippen molar-refractivity contribution in [3.63, 3.8) is 0 Å². The zero-order valence-electron chi connectivity index (χ0n) is 19.5. The van der Waals surface area contributed by atoms with E-state index in [1.165, 1.54) is 6.39 Å². The first-order chi connectivity index (χ1) is 14.5. The van der Waals surface area contributed by atoms with E-state index in [1.807, 2.05) is 16.8 Å². The number of fused-ring (bicyclic) bond motifs is 1. The number of hydrogen-bond acceptors (Lipinski definition) is 6. The molecule has 1 saturated heterocycles. The van der Waals surface area contributed by atoms with Crippen LogP contribution < -0.4 is 5.46 Å². The van der Waals surface area contributed by atoms with Gasteiger partial charge in [0.25, 0.3) is 0 Å². The van der Waals surface area contributed by atoms with Gasteiger partial charge in [-0.1, -0.05) is 12.1 Å². The summed E-state index contributed by atoms with van der Waals surface area (Å²) in [5.74, 6) is 1.68. The highest BCUT2D eigenvalue weighted by atomic mass is 32.3. The third-order valence-corrected chi connectivity index (χ3v) is 7.41. The predicted molar refractivity (Wildman–Crippen MR) is 127 cm³/mol. The van der Waals surface area contributed by atoms with Crippen LogP contribution in [-0.4, -0.2) is 64.2 Å². The smallest absolute Gasteiger partial charge is 0.442 e. The molecule has 0 spiro atoms. The van der Waals surface area contributed by atoms with Crippen molar-refractivity contribution in [2.75, 3.05) is 31.1 Å². The van der Waals surface area contributed by atoms with Crippen molar-refractivity contribution in [3.05, 3.63) is 30.8 Å². The fraction of sp³-hybridized carbons (Fsp3) is 0.545. The van der Waals surface area contributed by atoms with Crippen molar-refractivity contribution in [3.8, 4) is 11.5 Å². The average molecular weight is 445 g/mol. The van der Waals surface area contributed by atoms with E-state index in [-0.39, 0.29) is 0 Å². The number of benzene rings is 1. The molecule has 2 aromatic heterocycles. The van der Waals surface area contributed by atoms with Crippen LogP contribution in [0.2, 0.25) is 0 Å². The Balaban J connectivity index is 1.65. The molecule has 1 aliphatic heterocycles. The van der Waals surface area contributed by atoms with Gasteiger partial charge in [-0.3, -0.25) is 0 Å². The quantitative estimate of drug-likeness (QED) is 0.408. The molecule has 0 N–H and O–H groups in total. The average Bonchev–Trinajstić information content (AvgIpc) is 3.35. The molecule has 0 radical (unpaired) electrons. The molecule has 1 aliphatic rings. The molecule has 7 nitrogen and oxygen atoms in total. The molecule has 0 unspecified atom stereocenters. The van der Waals surface area contributed by atoms with Gasteiger partial charge >= 0.3 is 7.12 Å². The van der Waals surface area contributed by atoms with Crippen molar-refractivity contribution in [1.29, 1.82) is 0 Å². The maximum atomic E-state index is 6.24. The van der Waals surface area contributed by atoms with Gasteiger partial charge in [0, 0.05) is 11.1 Å². The van der Waals surface area contributed by atoms with E-state index < -0.39 is 28.3 Å². The van der Waals surface area contributed by atoms with E-state index in [0.29, 0.717) is 19.1 Å². The Bertz CT molecular complexity index is 1040. The topological polar surface area (TPSA) is 71.5 Å². The maximum absolute atomic E-state index is 6.24. The first-order valence-electron chi connectivity index (χ1n) is 10.5. The lowest BCUT2D eigenvalue weighted by molar-refractivity contribution is 0.00578. The summed E-state index contributed by atoms with van der Waals surface area (Å²) >= 11 is 0. The van der Waals surface area contributed by atoms with Crippen LogP contribution in [-0.2, 0) is 20.8 Å². The zero-order chi connectivity index (χ0) is 22.4. The van der Waals surface area contributed by atoms with Crippen molar-refractivity contribution in [2.45, 2.75) is 45.6 Å². The fourth-order valence-corrected chi connectivity index (χ4v) is 4.01. The standard InChI is InChI=1S/C22H32BN3O4S/c1-21(2)22(3,4)30-23(29-21)16-8-9-18-17(12-16)20(19-13-24-14-28-19)25-26(18)15-27-10-11-31(5,6)7/h8-9,12-14H,10-11,15H2,1-7H3. The third-order valence-electron chi connectivity index (χ3n) is 6.02. The van der Waals surface area contributed by atoms with Gasteiger partial charge in [-0.2, -0.15) is 5.10 Å². The van der Waals surface area contributed by atoms with Crippen LogP contribution >= 0.6 is 10.0 Å². The van der Waals surface area contributed by atoms with Gasteiger partial charge in [0.1, 0.15) is 12.4 Å². The molecule has 0 bridgehead atoms. The Morgan fingerprint density at radius 1 is 1.10 bits per heavy atom. The summed E-state index contributed by atoms with van der Waals surface area (Å²) in [5, 5.41) is 5.73. The Hall–Kier alpha value is -1.81. The maximum Gasteiger partial charge on any atom is 0.494 e. The number of oxazole rings is 1. The van der Waals surface area contributed by atoms with E-state index in [4.69, 9.17) is 23.6 Å². The zero-order valence-corrected chi connectivity index (χ0v) is 20.3. The Kier molecular flexibility index (Phi) is 5.75. The van der Waals surface area contributed by atoms with Gasteiger partial charge in [-0.05, 0) is 58.0 Å². The van der Waals surface area contributed by atoms with Gasteiger partial charge in [-0.15, -0.1) is 0 Å². The largest absolute Gasteiger partial charge is 0.494 e. The minimum Gasteiger partial charge on any atom is -0.442 e. The lowest BCUT2D eigenvalue weighted by Crippen LogP contribution is -2.41. The summed E-state index contributed by atoms with van der Waals surface area (Å²) in [4.78, 5) is 4.06. The van der Waals surface area contributed by atoms with Crippen LogP contribution in [0.4, 0.5) is 0 Å². The molecule has 0 atom stereocenters. The van der Waals surface area contributed by atoms with Gasteiger partial charge in [0.15, 0.2) is 12.2 Å².